The van der Waals surface area contributed by atoms with E-state index >= 15 is 0 Å². The second-order valence-electron chi connectivity index (χ2n) is 6.25. The van der Waals surface area contributed by atoms with Crippen LogP contribution in [0.1, 0.15) is 29.6 Å². The van der Waals surface area contributed by atoms with Gasteiger partial charge in [0.15, 0.2) is 11.5 Å². The molecule has 2 aromatic carbocycles. The Bertz CT molecular complexity index is 746. The molecule has 2 aromatic rings. The molecule has 3 atom stereocenters. The van der Waals surface area contributed by atoms with Crippen LogP contribution in [0.15, 0.2) is 36.4 Å². The number of fused-ring (bicyclic) bond motifs is 3. The van der Waals surface area contributed by atoms with E-state index in [9.17, 15) is 15.3 Å². The van der Waals surface area contributed by atoms with Crippen molar-refractivity contribution in [1.82, 2.24) is 5.32 Å². The fraction of sp³-hybridized carbons (Fsp3) is 0.333. The van der Waals surface area contributed by atoms with Crippen molar-refractivity contribution in [3.8, 4) is 23.0 Å². The van der Waals surface area contributed by atoms with Crippen molar-refractivity contribution in [2.45, 2.75) is 18.4 Å². The first kappa shape index (κ1) is 14.2. The Balaban J connectivity index is 1.83. The molecule has 0 spiro atoms. The van der Waals surface area contributed by atoms with Gasteiger partial charge in [-0.2, -0.15) is 0 Å². The first-order valence-corrected chi connectivity index (χ1v) is 7.86. The van der Waals surface area contributed by atoms with E-state index in [2.05, 4.69) is 5.32 Å². The molecule has 0 radical (unpaired) electrons. The largest absolute Gasteiger partial charge is 0.508 e. The van der Waals surface area contributed by atoms with Crippen LogP contribution in [-0.2, 0) is 0 Å². The highest BCUT2D eigenvalue weighted by Crippen LogP contribution is 2.53. The maximum absolute atomic E-state index is 10.2. The van der Waals surface area contributed by atoms with Crippen LogP contribution >= 0.6 is 0 Å². The predicted molar refractivity (Wildman–Crippen MR) is 85.0 cm³/mol. The number of hydrogen-bond acceptors (Lipinski definition) is 5. The minimum absolute atomic E-state index is 0.180. The summed E-state index contributed by atoms with van der Waals surface area (Å²) in [6.07, 6.45) is 0.695. The Kier molecular flexibility index (Phi) is 3.31. The molecule has 0 saturated carbocycles. The van der Waals surface area contributed by atoms with E-state index in [1.54, 1.807) is 18.2 Å². The summed E-state index contributed by atoms with van der Waals surface area (Å²) < 4.78 is 6.11. The first-order chi connectivity index (χ1) is 11.1. The summed E-state index contributed by atoms with van der Waals surface area (Å²) in [5.74, 6) is 0.615. The zero-order valence-corrected chi connectivity index (χ0v) is 12.6. The Morgan fingerprint density at radius 3 is 2.78 bits per heavy atom. The Morgan fingerprint density at radius 1 is 1.09 bits per heavy atom. The molecule has 120 valence electrons. The van der Waals surface area contributed by atoms with Gasteiger partial charge in [0, 0.05) is 23.9 Å². The highest BCUT2D eigenvalue weighted by molar-refractivity contribution is 5.57. The van der Waals surface area contributed by atoms with Crippen molar-refractivity contribution >= 4 is 0 Å². The monoisotopic (exact) mass is 313 g/mol. The van der Waals surface area contributed by atoms with E-state index < -0.39 is 0 Å². The molecule has 5 nitrogen and oxygen atoms in total. The third kappa shape index (κ3) is 2.28. The zero-order valence-electron chi connectivity index (χ0n) is 12.6. The minimum Gasteiger partial charge on any atom is -0.508 e. The maximum Gasteiger partial charge on any atom is 0.200 e. The molecule has 0 bridgehead atoms. The number of nitrogens with one attached hydrogen (secondary N) is 1. The normalized spacial score (nSPS) is 26.0. The van der Waals surface area contributed by atoms with E-state index in [1.807, 2.05) is 12.1 Å². The smallest absolute Gasteiger partial charge is 0.200 e. The summed E-state index contributed by atoms with van der Waals surface area (Å²) in [5, 5.41) is 33.2. The molecular weight excluding hydrogens is 294 g/mol. The van der Waals surface area contributed by atoms with Gasteiger partial charge >= 0.3 is 0 Å². The van der Waals surface area contributed by atoms with Gasteiger partial charge in [-0.15, -0.1) is 0 Å². The lowest BCUT2D eigenvalue weighted by Crippen LogP contribution is -2.41. The van der Waals surface area contributed by atoms with Crippen LogP contribution in [-0.4, -0.2) is 28.4 Å². The van der Waals surface area contributed by atoms with Gasteiger partial charge in [0.25, 0.3) is 0 Å². The van der Waals surface area contributed by atoms with Crippen molar-refractivity contribution in [3.05, 3.63) is 47.5 Å². The highest BCUT2D eigenvalue weighted by Gasteiger charge is 2.41. The third-order valence-corrected chi connectivity index (χ3v) is 4.91. The molecule has 3 unspecified atom stereocenters. The number of aromatic hydroxyl groups is 3. The van der Waals surface area contributed by atoms with E-state index in [0.717, 1.165) is 30.6 Å². The Hall–Kier alpha value is -2.40. The lowest BCUT2D eigenvalue weighted by molar-refractivity contribution is 0.0696. The second-order valence-corrected chi connectivity index (χ2v) is 6.25. The predicted octanol–water partition coefficient (Wildman–Crippen LogP) is 2.63. The van der Waals surface area contributed by atoms with Crippen LogP contribution in [0.3, 0.4) is 0 Å². The van der Waals surface area contributed by atoms with E-state index in [4.69, 9.17) is 4.74 Å². The van der Waals surface area contributed by atoms with Crippen LogP contribution in [0.4, 0.5) is 0 Å². The molecule has 4 rings (SSSR count). The number of phenolic OH excluding ortho intramolecular Hbond substituents is 3. The van der Waals surface area contributed by atoms with Crippen LogP contribution < -0.4 is 10.1 Å². The van der Waals surface area contributed by atoms with Gasteiger partial charge in [0.05, 0.1) is 0 Å². The summed E-state index contributed by atoms with van der Waals surface area (Å²) in [6.45, 7) is 1.72. The number of piperidine rings is 1. The zero-order chi connectivity index (χ0) is 16.0. The molecular formula is C18H19NO4. The SMILES string of the molecule is Oc1cccc(C2Oc3c(ccc(O)c3O)C3CNCCC32)c1. The number of ether oxygens (including phenoxy) is 1. The van der Waals surface area contributed by atoms with Crippen LogP contribution in [0.2, 0.25) is 0 Å². The maximum atomic E-state index is 10.2. The van der Waals surface area contributed by atoms with Crippen molar-refractivity contribution in [1.29, 1.82) is 0 Å². The Morgan fingerprint density at radius 2 is 1.96 bits per heavy atom. The average Bonchev–Trinajstić information content (AvgIpc) is 2.57. The number of phenols is 3. The van der Waals surface area contributed by atoms with Gasteiger partial charge in [-0.1, -0.05) is 18.2 Å². The molecule has 4 N–H and O–H groups in total. The standard InChI is InChI=1S/C18H19NO4/c20-11-3-1-2-10(8-11)17-13-6-7-19-9-14(13)12-4-5-15(21)16(22)18(12)23-17/h1-5,8,13-14,17,19-22H,6-7,9H2. The molecule has 5 heteroatoms. The molecule has 1 fully saturated rings. The van der Waals surface area contributed by atoms with Gasteiger partial charge in [-0.3, -0.25) is 0 Å². The summed E-state index contributed by atoms with van der Waals surface area (Å²) in [5.41, 5.74) is 1.81. The van der Waals surface area contributed by atoms with Crippen LogP contribution in [0.5, 0.6) is 23.0 Å². The van der Waals surface area contributed by atoms with Gasteiger partial charge in [-0.05, 0) is 36.7 Å². The van der Waals surface area contributed by atoms with Gasteiger partial charge < -0.3 is 25.4 Å². The quantitative estimate of drug-likeness (QED) is 0.609. The van der Waals surface area contributed by atoms with Crippen LogP contribution in [0.25, 0.3) is 0 Å². The van der Waals surface area contributed by atoms with Crippen LogP contribution in [0, 0.1) is 5.92 Å². The van der Waals surface area contributed by atoms with Gasteiger partial charge in [0.1, 0.15) is 11.9 Å². The summed E-state index contributed by atoms with van der Waals surface area (Å²) in [6, 6.07) is 10.4. The molecule has 2 heterocycles. The molecule has 23 heavy (non-hydrogen) atoms. The number of rotatable bonds is 1. The van der Waals surface area contributed by atoms with E-state index in [0.29, 0.717) is 5.75 Å². The van der Waals surface area contributed by atoms with Gasteiger partial charge in [-0.25, -0.2) is 0 Å². The molecule has 1 saturated heterocycles. The number of hydrogen-bond donors (Lipinski definition) is 4. The number of benzene rings is 2. The Labute approximate surface area is 134 Å². The molecule has 0 aliphatic carbocycles. The molecule has 0 aromatic heterocycles. The summed E-state index contributed by atoms with van der Waals surface area (Å²) in [4.78, 5) is 0. The molecule has 0 amide bonds. The summed E-state index contributed by atoms with van der Waals surface area (Å²) >= 11 is 0. The van der Waals surface area contributed by atoms with Crippen molar-refractivity contribution in [2.24, 2.45) is 5.92 Å². The fourth-order valence-electron chi connectivity index (χ4n) is 3.81. The van der Waals surface area contributed by atoms with Crippen molar-refractivity contribution < 1.29 is 20.1 Å². The fourth-order valence-corrected chi connectivity index (χ4v) is 3.81. The topological polar surface area (TPSA) is 82.0 Å². The molecule has 2 aliphatic heterocycles. The lowest BCUT2D eigenvalue weighted by atomic mass is 9.74. The second kappa shape index (κ2) is 5.35. The minimum atomic E-state index is -0.255. The summed E-state index contributed by atoms with van der Waals surface area (Å²) in [7, 11) is 0. The average molecular weight is 313 g/mol. The van der Waals surface area contributed by atoms with E-state index in [1.165, 1.54) is 6.07 Å². The van der Waals surface area contributed by atoms with Crippen molar-refractivity contribution in [2.75, 3.05) is 13.1 Å². The van der Waals surface area contributed by atoms with Crippen molar-refractivity contribution in [3.63, 3.8) is 0 Å². The molecule has 2 aliphatic rings. The highest BCUT2D eigenvalue weighted by atomic mass is 16.5. The van der Waals surface area contributed by atoms with Gasteiger partial charge in [0.2, 0.25) is 5.75 Å². The third-order valence-electron chi connectivity index (χ3n) is 4.91. The lowest BCUT2D eigenvalue weighted by Gasteiger charge is -2.43. The van der Waals surface area contributed by atoms with E-state index in [-0.39, 0.29) is 35.2 Å². The first-order valence-electron chi connectivity index (χ1n) is 7.86.